The van der Waals surface area contributed by atoms with Crippen LogP contribution in [0.15, 0.2) is 48.5 Å². The lowest BCUT2D eigenvalue weighted by Crippen LogP contribution is -2.48. The van der Waals surface area contributed by atoms with Gasteiger partial charge in [-0.05, 0) is 62.4 Å². The Labute approximate surface area is 202 Å². The van der Waals surface area contributed by atoms with Crippen LogP contribution in [0.4, 0.5) is 5.69 Å². The van der Waals surface area contributed by atoms with Gasteiger partial charge >= 0.3 is 0 Å². The first-order chi connectivity index (χ1) is 16.2. The van der Waals surface area contributed by atoms with Crippen LogP contribution in [0.2, 0.25) is 0 Å². The molecule has 1 heterocycles. The number of sulfonamides is 1. The fourth-order valence-corrected chi connectivity index (χ4v) is 5.43. The van der Waals surface area contributed by atoms with Crippen LogP contribution >= 0.6 is 0 Å². The van der Waals surface area contributed by atoms with Crippen LogP contribution in [-0.2, 0) is 14.8 Å². The molecule has 1 amide bonds. The number of hydrogen-bond donors (Lipinski definition) is 1. The number of para-hydroxylation sites is 1. The molecule has 0 radical (unpaired) electrons. The van der Waals surface area contributed by atoms with Crippen LogP contribution in [-0.4, -0.2) is 39.3 Å². The van der Waals surface area contributed by atoms with Crippen LogP contribution in [0, 0.1) is 0 Å². The zero-order chi connectivity index (χ0) is 24.3. The highest BCUT2D eigenvalue weighted by molar-refractivity contribution is 7.92. The Morgan fingerprint density at radius 2 is 1.82 bits per heavy atom. The summed E-state index contributed by atoms with van der Waals surface area (Å²) in [6.45, 7) is 1.91. The highest BCUT2D eigenvalue weighted by Gasteiger charge is 2.42. The molecule has 1 aliphatic heterocycles. The number of benzene rings is 2. The molecule has 1 fully saturated rings. The molecule has 1 spiro atoms. The van der Waals surface area contributed by atoms with E-state index >= 15 is 0 Å². The lowest BCUT2D eigenvalue weighted by molar-refractivity contribution is -0.129. The molecule has 1 saturated carbocycles. The van der Waals surface area contributed by atoms with Gasteiger partial charge in [0.1, 0.15) is 17.1 Å². The SMILES string of the molecule is CCC(Oc1ccc(N(C)S(C)(=O)=O)cc1)C(=O)NC1CC2(CCCCC2)Oc2ccccc21. The summed E-state index contributed by atoms with van der Waals surface area (Å²) < 4.78 is 37.2. The first kappa shape index (κ1) is 24.4. The maximum Gasteiger partial charge on any atom is 0.261 e. The zero-order valence-electron chi connectivity index (χ0n) is 20.1. The van der Waals surface area contributed by atoms with E-state index in [1.807, 2.05) is 31.2 Å². The standard InChI is InChI=1S/C26H34N2O5S/c1-4-23(32-20-14-12-19(13-15-20)28(2)34(3,30)31)25(29)27-22-18-26(16-8-5-9-17-26)33-24-11-7-6-10-21(22)24/h6-7,10-15,22-23H,4-5,8-9,16-18H2,1-3H3,(H,27,29). The molecule has 2 atom stereocenters. The predicted molar refractivity (Wildman–Crippen MR) is 133 cm³/mol. The average molecular weight is 487 g/mol. The Morgan fingerprint density at radius 1 is 1.15 bits per heavy atom. The van der Waals surface area contributed by atoms with Gasteiger partial charge in [-0.25, -0.2) is 8.42 Å². The monoisotopic (exact) mass is 486 g/mol. The minimum Gasteiger partial charge on any atom is -0.487 e. The molecule has 4 rings (SSSR count). The number of ether oxygens (including phenoxy) is 2. The Kier molecular flexibility index (Phi) is 7.07. The number of fused-ring (bicyclic) bond motifs is 1. The topological polar surface area (TPSA) is 84.9 Å². The fraction of sp³-hybridized carbons (Fsp3) is 0.500. The van der Waals surface area contributed by atoms with Crippen molar-refractivity contribution in [3.63, 3.8) is 0 Å². The van der Waals surface area contributed by atoms with Crippen molar-refractivity contribution in [2.75, 3.05) is 17.6 Å². The summed E-state index contributed by atoms with van der Waals surface area (Å²) in [6.07, 6.45) is 7.31. The van der Waals surface area contributed by atoms with Gasteiger partial charge in [-0.15, -0.1) is 0 Å². The molecule has 2 unspecified atom stereocenters. The summed E-state index contributed by atoms with van der Waals surface area (Å²) in [5.41, 5.74) is 1.33. The normalized spacial score (nSPS) is 20.0. The molecule has 2 aliphatic rings. The molecule has 1 N–H and O–H groups in total. The van der Waals surface area contributed by atoms with Crippen LogP contribution < -0.4 is 19.1 Å². The van der Waals surface area contributed by atoms with Crippen LogP contribution in [0.1, 0.15) is 63.5 Å². The van der Waals surface area contributed by atoms with E-state index in [1.54, 1.807) is 24.3 Å². The Bertz CT molecular complexity index is 1110. The third-order valence-corrected chi connectivity index (χ3v) is 8.12. The largest absolute Gasteiger partial charge is 0.487 e. The first-order valence-electron chi connectivity index (χ1n) is 12.0. The summed E-state index contributed by atoms with van der Waals surface area (Å²) in [4.78, 5) is 13.3. The van der Waals surface area contributed by atoms with Crippen LogP contribution in [0.25, 0.3) is 0 Å². The van der Waals surface area contributed by atoms with Gasteiger partial charge in [-0.2, -0.15) is 0 Å². The number of nitrogens with one attached hydrogen (secondary N) is 1. The molecular formula is C26H34N2O5S. The van der Waals surface area contributed by atoms with Gasteiger partial charge in [0, 0.05) is 19.0 Å². The maximum atomic E-state index is 13.3. The van der Waals surface area contributed by atoms with Crippen molar-refractivity contribution in [1.29, 1.82) is 0 Å². The molecule has 34 heavy (non-hydrogen) atoms. The van der Waals surface area contributed by atoms with Gasteiger partial charge in [0.2, 0.25) is 10.0 Å². The number of rotatable bonds is 7. The second kappa shape index (κ2) is 9.86. The Morgan fingerprint density at radius 3 is 2.47 bits per heavy atom. The van der Waals surface area contributed by atoms with Gasteiger partial charge in [-0.3, -0.25) is 9.10 Å². The van der Waals surface area contributed by atoms with E-state index in [0.717, 1.165) is 49.7 Å². The smallest absolute Gasteiger partial charge is 0.261 e. The Hall–Kier alpha value is -2.74. The molecule has 8 heteroatoms. The summed E-state index contributed by atoms with van der Waals surface area (Å²) in [5, 5.41) is 3.24. The van der Waals surface area contributed by atoms with Crippen molar-refractivity contribution in [2.45, 2.75) is 69.6 Å². The van der Waals surface area contributed by atoms with Gasteiger partial charge in [0.05, 0.1) is 18.0 Å². The third kappa shape index (κ3) is 5.32. The van der Waals surface area contributed by atoms with Crippen molar-refractivity contribution >= 4 is 21.6 Å². The highest BCUT2D eigenvalue weighted by Crippen LogP contribution is 2.46. The summed E-state index contributed by atoms with van der Waals surface area (Å²) >= 11 is 0. The van der Waals surface area contributed by atoms with Crippen molar-refractivity contribution < 1.29 is 22.7 Å². The van der Waals surface area contributed by atoms with E-state index in [1.165, 1.54) is 17.8 Å². The van der Waals surface area contributed by atoms with E-state index in [-0.39, 0.29) is 17.6 Å². The Balaban J connectivity index is 1.47. The molecule has 2 aromatic carbocycles. The predicted octanol–water partition coefficient (Wildman–Crippen LogP) is 4.58. The number of hydrogen-bond acceptors (Lipinski definition) is 5. The van der Waals surface area contributed by atoms with Crippen molar-refractivity contribution in [2.24, 2.45) is 0 Å². The molecule has 0 aromatic heterocycles. The van der Waals surface area contributed by atoms with Crippen molar-refractivity contribution in [1.82, 2.24) is 5.32 Å². The minimum absolute atomic E-state index is 0.126. The second-order valence-corrected chi connectivity index (χ2v) is 11.4. The van der Waals surface area contributed by atoms with Gasteiger partial charge < -0.3 is 14.8 Å². The molecule has 184 valence electrons. The van der Waals surface area contributed by atoms with Crippen LogP contribution in [0.3, 0.4) is 0 Å². The van der Waals surface area contributed by atoms with E-state index in [2.05, 4.69) is 5.32 Å². The number of carbonyl (C=O) groups excluding carboxylic acids is 1. The summed E-state index contributed by atoms with van der Waals surface area (Å²) in [5.74, 6) is 1.22. The number of carbonyl (C=O) groups is 1. The zero-order valence-corrected chi connectivity index (χ0v) is 20.9. The quantitative estimate of drug-likeness (QED) is 0.619. The lowest BCUT2D eigenvalue weighted by Gasteiger charge is -2.44. The highest BCUT2D eigenvalue weighted by atomic mass is 32.2. The third-order valence-electron chi connectivity index (χ3n) is 6.92. The maximum absolute atomic E-state index is 13.3. The molecule has 0 bridgehead atoms. The molecular weight excluding hydrogens is 452 g/mol. The minimum atomic E-state index is -3.34. The molecule has 7 nitrogen and oxygen atoms in total. The summed E-state index contributed by atoms with van der Waals surface area (Å²) in [6, 6.07) is 14.6. The van der Waals surface area contributed by atoms with Gasteiger partial charge in [0.15, 0.2) is 6.10 Å². The lowest BCUT2D eigenvalue weighted by atomic mass is 9.77. The molecule has 2 aromatic rings. The molecule has 0 saturated heterocycles. The number of nitrogens with zero attached hydrogens (tertiary/aromatic N) is 1. The summed E-state index contributed by atoms with van der Waals surface area (Å²) in [7, 11) is -1.85. The van der Waals surface area contributed by atoms with Crippen molar-refractivity contribution in [3.05, 3.63) is 54.1 Å². The second-order valence-electron chi connectivity index (χ2n) is 9.39. The van der Waals surface area contributed by atoms with E-state index in [4.69, 9.17) is 9.47 Å². The first-order valence-corrected chi connectivity index (χ1v) is 13.8. The van der Waals surface area contributed by atoms with Crippen molar-refractivity contribution in [3.8, 4) is 11.5 Å². The van der Waals surface area contributed by atoms with E-state index < -0.39 is 16.1 Å². The average Bonchev–Trinajstić information content (AvgIpc) is 2.82. The number of anilines is 1. The number of amides is 1. The van der Waals surface area contributed by atoms with E-state index in [9.17, 15) is 13.2 Å². The van der Waals surface area contributed by atoms with Gasteiger partial charge in [0.25, 0.3) is 5.91 Å². The molecule has 1 aliphatic carbocycles. The van der Waals surface area contributed by atoms with Crippen LogP contribution in [0.5, 0.6) is 11.5 Å². The van der Waals surface area contributed by atoms with E-state index in [0.29, 0.717) is 17.9 Å². The fourth-order valence-electron chi connectivity index (χ4n) is 4.93. The van der Waals surface area contributed by atoms with Gasteiger partial charge in [-0.1, -0.05) is 31.5 Å².